The summed E-state index contributed by atoms with van der Waals surface area (Å²) in [6.07, 6.45) is 4.67. The second-order valence-electron chi connectivity index (χ2n) is 5.84. The van der Waals surface area contributed by atoms with Gasteiger partial charge in [0.1, 0.15) is 5.69 Å². The Kier molecular flexibility index (Phi) is 3.57. The van der Waals surface area contributed by atoms with E-state index in [-0.39, 0.29) is 0 Å². The standard InChI is InChI=1S/C15H19N5S/c1-2-6-16-13(3-1)14-17-18-15(21-14)20-9-7-19(8-10-20)11-12-4-5-12/h1-3,6,12H,4-5,7-11H2. The van der Waals surface area contributed by atoms with Crippen LogP contribution in [0, 0.1) is 5.92 Å². The molecule has 0 amide bonds. The topological polar surface area (TPSA) is 45.2 Å². The maximum Gasteiger partial charge on any atom is 0.208 e. The molecule has 2 aliphatic rings. The molecule has 0 bridgehead atoms. The van der Waals surface area contributed by atoms with Crippen LogP contribution < -0.4 is 4.90 Å². The molecule has 1 aliphatic heterocycles. The van der Waals surface area contributed by atoms with Crippen LogP contribution in [0.5, 0.6) is 0 Å². The van der Waals surface area contributed by atoms with Crippen molar-refractivity contribution >= 4 is 16.5 Å². The van der Waals surface area contributed by atoms with Crippen molar-refractivity contribution < 1.29 is 0 Å². The predicted octanol–water partition coefficient (Wildman–Crippen LogP) is 2.13. The molecule has 110 valence electrons. The monoisotopic (exact) mass is 301 g/mol. The number of piperazine rings is 1. The predicted molar refractivity (Wildman–Crippen MR) is 84.5 cm³/mol. The van der Waals surface area contributed by atoms with Crippen molar-refractivity contribution in [2.75, 3.05) is 37.6 Å². The van der Waals surface area contributed by atoms with Gasteiger partial charge in [-0.2, -0.15) is 0 Å². The Labute approximate surface area is 128 Å². The lowest BCUT2D eigenvalue weighted by Gasteiger charge is -2.34. The van der Waals surface area contributed by atoms with E-state index in [0.29, 0.717) is 0 Å². The number of rotatable bonds is 4. The second-order valence-corrected chi connectivity index (χ2v) is 6.79. The van der Waals surface area contributed by atoms with Gasteiger partial charge in [-0.1, -0.05) is 17.4 Å². The lowest BCUT2D eigenvalue weighted by Crippen LogP contribution is -2.47. The molecule has 2 aromatic rings. The minimum atomic E-state index is 0.908. The molecule has 1 saturated carbocycles. The van der Waals surface area contributed by atoms with Crippen molar-refractivity contribution in [2.45, 2.75) is 12.8 Å². The van der Waals surface area contributed by atoms with Crippen molar-refractivity contribution in [1.29, 1.82) is 0 Å². The third-order valence-corrected chi connectivity index (χ3v) is 5.16. The van der Waals surface area contributed by atoms with Crippen LogP contribution in [-0.2, 0) is 0 Å². The number of aromatic nitrogens is 3. The summed E-state index contributed by atoms with van der Waals surface area (Å²) >= 11 is 1.64. The molecule has 0 atom stereocenters. The summed E-state index contributed by atoms with van der Waals surface area (Å²) in [5.41, 5.74) is 0.911. The van der Waals surface area contributed by atoms with E-state index in [4.69, 9.17) is 0 Å². The average Bonchev–Trinajstić information content (AvgIpc) is 3.22. The van der Waals surface area contributed by atoms with Crippen LogP contribution in [0.2, 0.25) is 0 Å². The first kappa shape index (κ1) is 13.2. The molecule has 0 N–H and O–H groups in total. The second kappa shape index (κ2) is 5.69. The van der Waals surface area contributed by atoms with Gasteiger partial charge in [0.15, 0.2) is 5.01 Å². The van der Waals surface area contributed by atoms with Crippen LogP contribution in [0.1, 0.15) is 12.8 Å². The van der Waals surface area contributed by atoms with Gasteiger partial charge in [0.2, 0.25) is 5.13 Å². The van der Waals surface area contributed by atoms with Gasteiger partial charge in [0.25, 0.3) is 0 Å². The molecule has 1 saturated heterocycles. The van der Waals surface area contributed by atoms with Crippen molar-refractivity contribution in [1.82, 2.24) is 20.1 Å². The summed E-state index contributed by atoms with van der Waals surface area (Å²) in [7, 11) is 0. The normalized spacial score (nSPS) is 19.9. The van der Waals surface area contributed by atoms with Crippen LogP contribution in [-0.4, -0.2) is 52.8 Å². The Morgan fingerprint density at radius 3 is 2.67 bits per heavy atom. The third-order valence-electron chi connectivity index (χ3n) is 4.15. The summed E-state index contributed by atoms with van der Waals surface area (Å²) in [5.74, 6) is 0.980. The summed E-state index contributed by atoms with van der Waals surface area (Å²) in [5, 5.41) is 10.6. The smallest absolute Gasteiger partial charge is 0.208 e. The lowest BCUT2D eigenvalue weighted by molar-refractivity contribution is 0.248. The van der Waals surface area contributed by atoms with Crippen molar-refractivity contribution in [2.24, 2.45) is 5.92 Å². The van der Waals surface area contributed by atoms with Gasteiger partial charge in [-0.05, 0) is 30.9 Å². The van der Waals surface area contributed by atoms with Crippen molar-refractivity contribution in [3.63, 3.8) is 0 Å². The Morgan fingerprint density at radius 1 is 1.10 bits per heavy atom. The Balaban J connectivity index is 1.40. The van der Waals surface area contributed by atoms with Crippen LogP contribution >= 0.6 is 11.3 Å². The van der Waals surface area contributed by atoms with Gasteiger partial charge in [0.05, 0.1) is 0 Å². The van der Waals surface area contributed by atoms with E-state index in [1.54, 1.807) is 17.5 Å². The average molecular weight is 301 g/mol. The van der Waals surface area contributed by atoms with Crippen molar-refractivity contribution in [3.05, 3.63) is 24.4 Å². The van der Waals surface area contributed by atoms with E-state index in [1.165, 1.54) is 19.4 Å². The molecular formula is C15H19N5S. The highest BCUT2D eigenvalue weighted by molar-refractivity contribution is 7.18. The molecule has 1 aliphatic carbocycles. The van der Waals surface area contributed by atoms with E-state index in [2.05, 4.69) is 25.0 Å². The summed E-state index contributed by atoms with van der Waals surface area (Å²) in [4.78, 5) is 9.29. The summed E-state index contributed by atoms with van der Waals surface area (Å²) in [6, 6.07) is 5.89. The molecular weight excluding hydrogens is 282 g/mol. The van der Waals surface area contributed by atoms with E-state index in [0.717, 1.165) is 47.9 Å². The molecule has 3 heterocycles. The van der Waals surface area contributed by atoms with E-state index in [9.17, 15) is 0 Å². The number of nitrogens with zero attached hydrogens (tertiary/aromatic N) is 5. The first-order valence-electron chi connectivity index (χ1n) is 7.61. The molecule has 5 nitrogen and oxygen atoms in total. The van der Waals surface area contributed by atoms with E-state index < -0.39 is 0 Å². The number of pyridine rings is 1. The zero-order valence-corrected chi connectivity index (χ0v) is 12.8. The molecule has 21 heavy (non-hydrogen) atoms. The lowest BCUT2D eigenvalue weighted by atomic mass is 10.3. The van der Waals surface area contributed by atoms with Gasteiger partial charge in [-0.25, -0.2) is 0 Å². The molecule has 4 rings (SSSR count). The highest BCUT2D eigenvalue weighted by Gasteiger charge is 2.27. The van der Waals surface area contributed by atoms with Crippen LogP contribution in [0.3, 0.4) is 0 Å². The largest absolute Gasteiger partial charge is 0.344 e. The van der Waals surface area contributed by atoms with Gasteiger partial charge in [-0.15, -0.1) is 10.2 Å². The van der Waals surface area contributed by atoms with Crippen LogP contribution in [0.25, 0.3) is 10.7 Å². The van der Waals surface area contributed by atoms with Gasteiger partial charge < -0.3 is 4.90 Å². The summed E-state index contributed by atoms with van der Waals surface area (Å²) in [6.45, 7) is 5.71. The Hall–Kier alpha value is -1.53. The highest BCUT2D eigenvalue weighted by Crippen LogP contribution is 2.31. The van der Waals surface area contributed by atoms with Gasteiger partial charge >= 0.3 is 0 Å². The molecule has 0 radical (unpaired) electrons. The maximum absolute atomic E-state index is 4.35. The zero-order chi connectivity index (χ0) is 14.1. The maximum atomic E-state index is 4.35. The minimum absolute atomic E-state index is 0.908. The molecule has 2 aromatic heterocycles. The first-order chi connectivity index (χ1) is 10.4. The zero-order valence-electron chi connectivity index (χ0n) is 12.0. The van der Waals surface area contributed by atoms with Crippen LogP contribution in [0.4, 0.5) is 5.13 Å². The first-order valence-corrected chi connectivity index (χ1v) is 8.42. The van der Waals surface area contributed by atoms with Gasteiger partial charge in [0, 0.05) is 38.9 Å². The molecule has 0 aromatic carbocycles. The SMILES string of the molecule is c1ccc(-c2nnc(N3CCN(CC4CC4)CC3)s2)nc1. The Bertz CT molecular complexity index is 587. The molecule has 0 unspecified atom stereocenters. The van der Waals surface area contributed by atoms with Crippen LogP contribution in [0.15, 0.2) is 24.4 Å². The Morgan fingerprint density at radius 2 is 1.95 bits per heavy atom. The van der Waals surface area contributed by atoms with E-state index >= 15 is 0 Å². The van der Waals surface area contributed by atoms with Crippen molar-refractivity contribution in [3.8, 4) is 10.7 Å². The fourth-order valence-corrected chi connectivity index (χ4v) is 3.60. The third kappa shape index (κ3) is 3.06. The quantitative estimate of drug-likeness (QED) is 0.865. The summed E-state index contributed by atoms with van der Waals surface area (Å²) < 4.78 is 0. The van der Waals surface area contributed by atoms with Gasteiger partial charge in [-0.3, -0.25) is 9.88 Å². The highest BCUT2D eigenvalue weighted by atomic mass is 32.1. The fourth-order valence-electron chi connectivity index (χ4n) is 2.72. The molecule has 0 spiro atoms. The van der Waals surface area contributed by atoms with E-state index in [1.807, 2.05) is 18.2 Å². The number of anilines is 1. The molecule has 2 fully saturated rings. The number of hydrogen-bond acceptors (Lipinski definition) is 6. The fraction of sp³-hybridized carbons (Fsp3) is 0.533. The minimum Gasteiger partial charge on any atom is -0.344 e. The number of hydrogen-bond donors (Lipinski definition) is 0. The molecule has 6 heteroatoms.